The highest BCUT2D eigenvalue weighted by Gasteiger charge is 2.61. The lowest BCUT2D eigenvalue weighted by Crippen LogP contribution is -2.41. The Bertz CT molecular complexity index is 507. The van der Waals surface area contributed by atoms with E-state index in [0.29, 0.717) is 12.8 Å². The first-order valence-corrected chi connectivity index (χ1v) is 6.31. The fraction of sp³-hybridized carbons (Fsp3) is 0.429. The van der Waals surface area contributed by atoms with Gasteiger partial charge in [-0.3, -0.25) is 4.79 Å². The van der Waals surface area contributed by atoms with Gasteiger partial charge in [0.05, 0.1) is 5.41 Å². The normalized spacial score (nSPS) is 27.8. The van der Waals surface area contributed by atoms with Crippen molar-refractivity contribution in [2.75, 3.05) is 6.54 Å². The van der Waals surface area contributed by atoms with Gasteiger partial charge in [-0.1, -0.05) is 30.3 Å². The van der Waals surface area contributed by atoms with E-state index >= 15 is 0 Å². The maximum atomic E-state index is 11.9. The third kappa shape index (κ3) is 1.95. The molecule has 0 unspecified atom stereocenters. The summed E-state index contributed by atoms with van der Waals surface area (Å²) in [6.45, 7) is 0.504. The molecule has 0 radical (unpaired) electrons. The minimum absolute atomic E-state index is 0.0411. The highest BCUT2D eigenvalue weighted by molar-refractivity contribution is 5.80. The second-order valence-electron chi connectivity index (χ2n) is 5.32. The van der Waals surface area contributed by atoms with E-state index in [0.717, 1.165) is 5.56 Å². The molecule has 1 aliphatic carbocycles. The van der Waals surface area contributed by atoms with E-state index in [-0.39, 0.29) is 19.2 Å². The standard InChI is InChI=1S/C14H15NO4/c16-12(17)14-6-11(7-14)15(9-14)13(18)19-8-10-4-2-1-3-5-10/h1-5,11H,6-9H2,(H,16,17). The van der Waals surface area contributed by atoms with Gasteiger partial charge in [0.15, 0.2) is 0 Å². The van der Waals surface area contributed by atoms with Crippen LogP contribution in [0.15, 0.2) is 30.3 Å². The van der Waals surface area contributed by atoms with Gasteiger partial charge in [0.2, 0.25) is 0 Å². The monoisotopic (exact) mass is 261 g/mol. The Balaban J connectivity index is 1.57. The lowest BCUT2D eigenvalue weighted by atomic mass is 9.70. The quantitative estimate of drug-likeness (QED) is 0.902. The molecule has 0 atom stereocenters. The average molecular weight is 261 g/mol. The fourth-order valence-corrected chi connectivity index (χ4v) is 2.91. The van der Waals surface area contributed by atoms with Crippen LogP contribution in [-0.4, -0.2) is 34.7 Å². The zero-order valence-corrected chi connectivity index (χ0v) is 10.4. The van der Waals surface area contributed by atoms with E-state index in [1.54, 1.807) is 4.90 Å². The largest absolute Gasteiger partial charge is 0.481 e. The maximum absolute atomic E-state index is 11.9. The van der Waals surface area contributed by atoms with Crippen molar-refractivity contribution < 1.29 is 19.4 Å². The van der Waals surface area contributed by atoms with E-state index in [9.17, 15) is 9.59 Å². The number of hydrogen-bond donors (Lipinski definition) is 1. The van der Waals surface area contributed by atoms with Gasteiger partial charge in [0.1, 0.15) is 6.61 Å². The van der Waals surface area contributed by atoms with Crippen LogP contribution < -0.4 is 0 Å². The van der Waals surface area contributed by atoms with E-state index in [1.807, 2.05) is 30.3 Å². The van der Waals surface area contributed by atoms with Crippen LogP contribution in [0.1, 0.15) is 18.4 Å². The molecule has 2 saturated heterocycles. The van der Waals surface area contributed by atoms with E-state index in [4.69, 9.17) is 9.84 Å². The topological polar surface area (TPSA) is 66.8 Å². The zero-order chi connectivity index (χ0) is 13.5. The van der Waals surface area contributed by atoms with E-state index in [2.05, 4.69) is 0 Å². The van der Waals surface area contributed by atoms with Crippen molar-refractivity contribution in [3.8, 4) is 0 Å². The number of carbonyl (C=O) groups excluding carboxylic acids is 1. The second-order valence-corrected chi connectivity index (χ2v) is 5.32. The molecule has 4 rings (SSSR count). The third-order valence-electron chi connectivity index (χ3n) is 4.06. The van der Waals surface area contributed by atoms with Crippen molar-refractivity contribution in [3.05, 3.63) is 35.9 Å². The fourth-order valence-electron chi connectivity index (χ4n) is 2.91. The van der Waals surface area contributed by atoms with E-state index in [1.165, 1.54) is 0 Å². The molecule has 3 aliphatic rings. The molecule has 3 fully saturated rings. The Labute approximate surface area is 110 Å². The van der Waals surface area contributed by atoms with Crippen molar-refractivity contribution in [1.29, 1.82) is 0 Å². The van der Waals surface area contributed by atoms with Crippen molar-refractivity contribution in [2.45, 2.75) is 25.5 Å². The maximum Gasteiger partial charge on any atom is 0.410 e. The van der Waals surface area contributed by atoms with Crippen LogP contribution in [0.25, 0.3) is 0 Å². The molecular formula is C14H15NO4. The van der Waals surface area contributed by atoms with Crippen molar-refractivity contribution in [1.82, 2.24) is 4.90 Å². The first-order chi connectivity index (χ1) is 9.11. The molecule has 1 N–H and O–H groups in total. The first-order valence-electron chi connectivity index (χ1n) is 6.31. The van der Waals surface area contributed by atoms with Crippen LogP contribution in [-0.2, 0) is 16.1 Å². The van der Waals surface area contributed by atoms with Crippen molar-refractivity contribution in [2.24, 2.45) is 5.41 Å². The Morgan fingerprint density at radius 2 is 2.00 bits per heavy atom. The van der Waals surface area contributed by atoms with Crippen LogP contribution in [0.2, 0.25) is 0 Å². The zero-order valence-electron chi connectivity index (χ0n) is 10.4. The van der Waals surface area contributed by atoms with Crippen LogP contribution in [0.4, 0.5) is 4.79 Å². The lowest BCUT2D eigenvalue weighted by Gasteiger charge is -2.32. The van der Waals surface area contributed by atoms with Crippen LogP contribution in [0, 0.1) is 5.41 Å². The number of carboxylic acids is 1. The Hall–Kier alpha value is -2.04. The molecule has 19 heavy (non-hydrogen) atoms. The average Bonchev–Trinajstić information content (AvgIpc) is 2.93. The number of fused-ring (bicyclic) bond motifs is 1. The number of aliphatic carboxylic acids is 1. The number of carbonyl (C=O) groups is 2. The van der Waals surface area contributed by atoms with Gasteiger partial charge in [0.25, 0.3) is 0 Å². The minimum atomic E-state index is -0.804. The molecule has 0 aromatic heterocycles. The minimum Gasteiger partial charge on any atom is -0.481 e. The summed E-state index contributed by atoms with van der Waals surface area (Å²) in [6.07, 6.45) is 0.709. The molecule has 1 aromatic carbocycles. The van der Waals surface area contributed by atoms with Crippen molar-refractivity contribution in [3.63, 3.8) is 0 Å². The Morgan fingerprint density at radius 3 is 2.58 bits per heavy atom. The summed E-state index contributed by atoms with van der Waals surface area (Å²) in [5.74, 6) is -0.804. The molecule has 5 nitrogen and oxygen atoms in total. The van der Waals surface area contributed by atoms with Gasteiger partial charge in [-0.25, -0.2) is 4.79 Å². The van der Waals surface area contributed by atoms with Crippen molar-refractivity contribution >= 4 is 12.1 Å². The number of amides is 1. The number of hydrogen-bond acceptors (Lipinski definition) is 3. The Kier molecular flexibility index (Phi) is 2.69. The number of benzene rings is 1. The van der Waals surface area contributed by atoms with Gasteiger partial charge in [-0.15, -0.1) is 0 Å². The second kappa shape index (κ2) is 4.26. The molecule has 2 aliphatic heterocycles. The number of ether oxygens (including phenoxy) is 1. The summed E-state index contributed by atoms with van der Waals surface area (Å²) in [5.41, 5.74) is 0.214. The molecule has 100 valence electrons. The Morgan fingerprint density at radius 1 is 1.32 bits per heavy atom. The molecule has 1 aromatic rings. The molecule has 1 saturated carbocycles. The van der Waals surface area contributed by atoms with Gasteiger partial charge in [-0.2, -0.15) is 0 Å². The molecular weight excluding hydrogens is 246 g/mol. The van der Waals surface area contributed by atoms with Gasteiger partial charge in [0, 0.05) is 12.6 Å². The van der Waals surface area contributed by atoms with Gasteiger partial charge >= 0.3 is 12.1 Å². The summed E-state index contributed by atoms with van der Waals surface area (Å²) < 4.78 is 5.23. The molecule has 0 spiro atoms. The molecule has 1 amide bonds. The summed E-state index contributed by atoms with van der Waals surface area (Å²) >= 11 is 0. The molecule has 2 heterocycles. The summed E-state index contributed by atoms with van der Waals surface area (Å²) in [5, 5.41) is 9.14. The predicted molar refractivity (Wildman–Crippen MR) is 66.4 cm³/mol. The predicted octanol–water partition coefficient (Wildman–Crippen LogP) is 1.87. The first kappa shape index (κ1) is 12.0. The molecule has 2 bridgehead atoms. The summed E-state index contributed by atoms with van der Waals surface area (Å²) in [4.78, 5) is 24.6. The van der Waals surface area contributed by atoms with Crippen LogP contribution in [0.3, 0.4) is 0 Å². The van der Waals surface area contributed by atoms with Crippen LogP contribution in [0.5, 0.6) is 0 Å². The van der Waals surface area contributed by atoms with Gasteiger partial charge < -0.3 is 14.7 Å². The third-order valence-corrected chi connectivity index (χ3v) is 4.06. The summed E-state index contributed by atoms with van der Waals surface area (Å²) in [7, 11) is 0. The van der Waals surface area contributed by atoms with Gasteiger partial charge in [-0.05, 0) is 18.4 Å². The highest BCUT2D eigenvalue weighted by atomic mass is 16.6. The SMILES string of the molecule is O=C(OCc1ccccc1)N1CC2(C(=O)O)CC1C2. The lowest BCUT2D eigenvalue weighted by molar-refractivity contribution is -0.150. The number of carboxylic acid groups (broad SMARTS) is 1. The smallest absolute Gasteiger partial charge is 0.410 e. The van der Waals surface area contributed by atoms with Crippen LogP contribution >= 0.6 is 0 Å². The summed E-state index contributed by atoms with van der Waals surface area (Å²) in [6, 6.07) is 9.48. The molecule has 5 heteroatoms. The number of rotatable bonds is 3. The highest BCUT2D eigenvalue weighted by Crippen LogP contribution is 2.52. The number of nitrogens with zero attached hydrogens (tertiary/aromatic N) is 1. The van der Waals surface area contributed by atoms with E-state index < -0.39 is 17.5 Å².